The molecule has 9 nitrogen and oxygen atoms in total. The molecule has 2 aromatic carbocycles. The molecule has 4 aromatic rings. The number of nitrogens with two attached hydrogens (primary N) is 1. The first kappa shape index (κ1) is 35.2. The van der Waals surface area contributed by atoms with Crippen molar-refractivity contribution in [1.29, 1.82) is 5.26 Å². The van der Waals surface area contributed by atoms with Crippen molar-refractivity contribution in [1.82, 2.24) is 14.9 Å². The van der Waals surface area contributed by atoms with Gasteiger partial charge in [-0.05, 0) is 43.9 Å². The predicted octanol–water partition coefficient (Wildman–Crippen LogP) is 7.84. The van der Waals surface area contributed by atoms with E-state index in [1.54, 1.807) is 0 Å². The molecule has 2 aromatic heterocycles. The van der Waals surface area contributed by atoms with Gasteiger partial charge in [-0.25, -0.2) is 22.0 Å². The molecule has 0 aliphatic carbocycles. The van der Waals surface area contributed by atoms with E-state index in [-0.39, 0.29) is 76.0 Å². The largest absolute Gasteiger partial charge is 0.482 e. The fourth-order valence-corrected chi connectivity index (χ4v) is 9.73. The topological polar surface area (TPSA) is 110 Å². The van der Waals surface area contributed by atoms with Gasteiger partial charge in [0.25, 0.3) is 6.43 Å². The number of piperidine rings is 1. The van der Waals surface area contributed by atoms with Crippen LogP contribution in [0.5, 0.6) is 11.8 Å². The highest BCUT2D eigenvalue weighted by atomic mass is 35.5. The van der Waals surface area contributed by atoms with E-state index in [9.17, 15) is 27.2 Å². The molecule has 0 bridgehead atoms. The number of halogens is 8. The summed E-state index contributed by atoms with van der Waals surface area (Å²) in [5.74, 6) is -2.33. The average molecular weight is 771 g/mol. The van der Waals surface area contributed by atoms with E-state index in [4.69, 9.17) is 31.5 Å². The maximum absolute atomic E-state index is 17.3. The van der Waals surface area contributed by atoms with E-state index in [1.807, 2.05) is 11.0 Å². The second kappa shape index (κ2) is 13.2. The van der Waals surface area contributed by atoms with Crippen molar-refractivity contribution >= 4 is 54.7 Å². The number of anilines is 2. The Morgan fingerprint density at radius 1 is 1.15 bits per heavy atom. The molecule has 4 aliphatic heterocycles. The minimum atomic E-state index is -3.20. The monoisotopic (exact) mass is 770 g/mol. The summed E-state index contributed by atoms with van der Waals surface area (Å²) in [5.41, 5.74) is 4.26. The normalized spacial score (nSPS) is 26.1. The summed E-state index contributed by atoms with van der Waals surface area (Å²) in [5, 5.41) is 9.13. The van der Waals surface area contributed by atoms with E-state index < -0.39 is 82.9 Å². The number of hydrogen-bond donors (Lipinski definition) is 1. The molecular weight excluding hydrogens is 741 g/mol. The van der Waals surface area contributed by atoms with Crippen LogP contribution in [0, 0.1) is 23.0 Å². The van der Waals surface area contributed by atoms with Crippen molar-refractivity contribution in [3.8, 4) is 29.0 Å². The Morgan fingerprint density at radius 3 is 2.71 bits per heavy atom. The van der Waals surface area contributed by atoms with Gasteiger partial charge in [-0.1, -0.05) is 17.7 Å². The summed E-state index contributed by atoms with van der Waals surface area (Å²) in [6.07, 6.45) is -5.81. The molecule has 6 heterocycles. The molecule has 4 unspecified atom stereocenters. The van der Waals surface area contributed by atoms with Crippen molar-refractivity contribution in [2.45, 2.75) is 81.5 Å². The van der Waals surface area contributed by atoms with Crippen LogP contribution in [0.25, 0.3) is 32.1 Å². The molecule has 18 heteroatoms. The molecule has 8 rings (SSSR count). The number of fused-ring (bicyclic) bond motifs is 4. The summed E-state index contributed by atoms with van der Waals surface area (Å²) >= 11 is 7.69. The zero-order valence-corrected chi connectivity index (χ0v) is 28.7. The maximum atomic E-state index is 17.3. The quantitative estimate of drug-likeness (QED) is 0.188. The summed E-state index contributed by atoms with van der Waals surface area (Å²) in [6.45, 7) is -2.21. The van der Waals surface area contributed by atoms with Gasteiger partial charge >= 0.3 is 12.6 Å². The van der Waals surface area contributed by atoms with Crippen molar-refractivity contribution in [2.24, 2.45) is 0 Å². The maximum Gasteiger partial charge on any atom is 0.345 e. The van der Waals surface area contributed by atoms with Crippen LogP contribution in [0.3, 0.4) is 0 Å². The molecule has 276 valence electrons. The van der Waals surface area contributed by atoms with Gasteiger partial charge < -0.3 is 24.8 Å². The molecule has 2 N–H and O–H groups in total. The van der Waals surface area contributed by atoms with Gasteiger partial charge in [0, 0.05) is 36.9 Å². The van der Waals surface area contributed by atoms with Crippen LogP contribution >= 0.6 is 22.9 Å². The Kier molecular flexibility index (Phi) is 8.95. The van der Waals surface area contributed by atoms with Crippen LogP contribution < -0.4 is 20.1 Å². The van der Waals surface area contributed by atoms with Crippen LogP contribution in [0.15, 0.2) is 12.1 Å². The highest BCUT2D eigenvalue weighted by Gasteiger charge is 2.50. The van der Waals surface area contributed by atoms with Gasteiger partial charge in [-0.15, -0.1) is 11.3 Å². The number of nitrogens with zero attached hydrogens (tertiary/aromatic N) is 5. The molecule has 0 spiro atoms. The lowest BCUT2D eigenvalue weighted by Crippen LogP contribution is -2.53. The van der Waals surface area contributed by atoms with Gasteiger partial charge in [0.15, 0.2) is 17.7 Å². The first-order valence-corrected chi connectivity index (χ1v) is 17.9. The van der Waals surface area contributed by atoms with Gasteiger partial charge in [0.05, 0.1) is 38.4 Å². The van der Waals surface area contributed by atoms with Crippen LogP contribution in [0.2, 0.25) is 5.02 Å². The lowest BCUT2D eigenvalue weighted by atomic mass is 9.91. The second-order valence-corrected chi connectivity index (χ2v) is 15.0. The van der Waals surface area contributed by atoms with E-state index in [2.05, 4.69) is 9.97 Å². The molecule has 0 amide bonds. The zero-order valence-electron chi connectivity index (χ0n) is 27.2. The third-order valence-electron chi connectivity index (χ3n) is 10.7. The zero-order chi connectivity index (χ0) is 36.6. The predicted molar refractivity (Wildman–Crippen MR) is 179 cm³/mol. The number of hydrogen-bond acceptors (Lipinski definition) is 10. The summed E-state index contributed by atoms with van der Waals surface area (Å²) in [6, 6.07) is 2.69. The van der Waals surface area contributed by atoms with Crippen LogP contribution in [0.4, 0.5) is 41.6 Å². The lowest BCUT2D eigenvalue weighted by molar-refractivity contribution is -0.175. The van der Waals surface area contributed by atoms with Crippen molar-refractivity contribution in [2.75, 3.05) is 36.9 Å². The standard InChI is InChI=1S/C34H30ClF7N6O3S/c35-24-22(15-4-5-17(37)28-21(15)16(11-43)30(44)52-28)25(38)26-23-27(24)50-20(29(39)40)9-18-19(51-32(41)42)3-1-8-48(18)31(23)46-33(45-26)49-13-34-6-2-7-47(34)12-14(36)10-34/h4-5,14,18-20,29,32H,1-3,6-10,12-13,44H2/t14-,18?,19?,20?,34?/m1/s1. The molecule has 5 atom stereocenters. The Labute approximate surface area is 301 Å². The van der Waals surface area contributed by atoms with Crippen molar-refractivity contribution in [3.05, 3.63) is 34.4 Å². The van der Waals surface area contributed by atoms with Gasteiger partial charge in [0.1, 0.15) is 41.0 Å². The molecule has 4 aliphatic rings. The van der Waals surface area contributed by atoms with Gasteiger partial charge in [-0.3, -0.25) is 4.90 Å². The molecule has 0 saturated carbocycles. The molecule has 0 radical (unpaired) electrons. The first-order valence-electron chi connectivity index (χ1n) is 16.7. The Bertz CT molecular complexity index is 2120. The van der Waals surface area contributed by atoms with E-state index in [1.165, 1.54) is 11.0 Å². The second-order valence-electron chi connectivity index (χ2n) is 13.6. The van der Waals surface area contributed by atoms with Gasteiger partial charge in [-0.2, -0.15) is 24.0 Å². The van der Waals surface area contributed by atoms with E-state index in [0.29, 0.717) is 19.4 Å². The summed E-state index contributed by atoms with van der Waals surface area (Å²) in [7, 11) is 0. The Morgan fingerprint density at radius 2 is 1.96 bits per heavy atom. The molecule has 52 heavy (non-hydrogen) atoms. The third kappa shape index (κ3) is 5.64. The number of alkyl halides is 5. The number of benzene rings is 2. The van der Waals surface area contributed by atoms with Crippen LogP contribution in [0.1, 0.15) is 44.1 Å². The fourth-order valence-electron chi connectivity index (χ4n) is 8.46. The highest BCUT2D eigenvalue weighted by molar-refractivity contribution is 7.23. The molecular formula is C34H30ClF7N6O3S. The number of rotatable bonds is 7. The SMILES string of the molecule is N#Cc1c(N)sc2c(F)ccc(-c3c(Cl)c4c5c(nc(OCC67CCCN6C[C@H](F)C7)nc5c3F)N3CCCC(OC(F)F)C3CC(C(F)F)O4)c12. The number of ether oxygens (including phenoxy) is 3. The van der Waals surface area contributed by atoms with Crippen LogP contribution in [-0.2, 0) is 4.74 Å². The van der Waals surface area contributed by atoms with Crippen LogP contribution in [-0.4, -0.2) is 84.1 Å². The van der Waals surface area contributed by atoms with E-state index in [0.717, 1.165) is 23.8 Å². The van der Waals surface area contributed by atoms with Crippen molar-refractivity contribution in [3.63, 3.8) is 0 Å². The highest BCUT2D eigenvalue weighted by Crippen LogP contribution is 2.52. The Hall–Kier alpha value is -3.85. The number of nitriles is 1. The summed E-state index contributed by atoms with van der Waals surface area (Å²) < 4.78 is 121. The molecule has 3 saturated heterocycles. The minimum Gasteiger partial charge on any atom is -0.482 e. The smallest absolute Gasteiger partial charge is 0.345 e. The van der Waals surface area contributed by atoms with Gasteiger partial charge in [0.2, 0.25) is 0 Å². The first-order chi connectivity index (χ1) is 24.9. The average Bonchev–Trinajstić information content (AvgIpc) is 3.74. The molecule has 3 fully saturated rings. The number of thiophene rings is 1. The number of nitrogen functional groups attached to an aromatic ring is 1. The lowest BCUT2D eigenvalue weighted by Gasteiger charge is -2.44. The third-order valence-corrected chi connectivity index (χ3v) is 12.1. The van der Waals surface area contributed by atoms with Crippen molar-refractivity contribution < 1.29 is 44.9 Å². The summed E-state index contributed by atoms with van der Waals surface area (Å²) in [4.78, 5) is 12.5. The van der Waals surface area contributed by atoms with E-state index >= 15 is 8.78 Å². The Balaban J connectivity index is 1.38. The number of aromatic nitrogens is 2. The minimum absolute atomic E-state index is 0.0374. The fraction of sp³-hybridized carbons (Fsp3) is 0.500.